The van der Waals surface area contributed by atoms with Gasteiger partial charge in [-0.15, -0.1) is 12.4 Å². The molecule has 0 aromatic heterocycles. The summed E-state index contributed by atoms with van der Waals surface area (Å²) in [7, 11) is 1.31. The molecule has 5 nitrogen and oxygen atoms in total. The van der Waals surface area contributed by atoms with Crippen LogP contribution in [0.5, 0.6) is 0 Å². The van der Waals surface area contributed by atoms with Gasteiger partial charge in [0.25, 0.3) is 0 Å². The normalized spacial score (nSPS) is 18.7. The van der Waals surface area contributed by atoms with Crippen LogP contribution < -0.4 is 5.73 Å². The molecular weight excluding hydrogens is 567 g/mol. The summed E-state index contributed by atoms with van der Waals surface area (Å²) in [6.45, 7) is 4.96. The van der Waals surface area contributed by atoms with Crippen LogP contribution in [-0.2, 0) is 28.5 Å². The minimum absolute atomic E-state index is 0. The molecule has 40 heavy (non-hydrogen) atoms. The van der Waals surface area contributed by atoms with Crippen molar-refractivity contribution in [2.24, 2.45) is 11.7 Å². The van der Waals surface area contributed by atoms with E-state index in [1.165, 1.54) is 19.2 Å². The number of hydrogen-bond acceptors (Lipinski definition) is 3. The number of halogens is 8. The Kier molecular flexibility index (Phi) is 9.95. The molecule has 2 aromatic rings. The fraction of sp³-hybridized carbons (Fsp3) is 0.481. The topological polar surface area (TPSA) is 66.6 Å². The average Bonchev–Trinajstić information content (AvgIpc) is 2.81. The van der Waals surface area contributed by atoms with Crippen molar-refractivity contribution in [1.82, 2.24) is 9.80 Å². The SMILES string of the molecule is Cc1cc(F)ccc1[C@@H]1CN(C(C)(C)C(N)=O)CC[C@H]1C(=O)N(C)Cc1cc(C(F)(F)F)cc(C(F)(F)F)c1.Cl. The number of amides is 2. The minimum Gasteiger partial charge on any atom is -0.368 e. The Balaban J connectivity index is 0.00000560. The number of carbonyl (C=O) groups is 2. The van der Waals surface area contributed by atoms with E-state index in [4.69, 9.17) is 5.73 Å². The Morgan fingerprint density at radius 1 is 1.00 bits per heavy atom. The van der Waals surface area contributed by atoms with Crippen LogP contribution in [-0.4, -0.2) is 47.3 Å². The van der Waals surface area contributed by atoms with Crippen LogP contribution in [0.15, 0.2) is 36.4 Å². The first-order valence-electron chi connectivity index (χ1n) is 12.2. The lowest BCUT2D eigenvalue weighted by molar-refractivity contribution is -0.143. The predicted octanol–water partition coefficient (Wildman–Crippen LogP) is 5.92. The minimum atomic E-state index is -5.01. The second-order valence-electron chi connectivity index (χ2n) is 10.5. The van der Waals surface area contributed by atoms with Crippen LogP contribution in [0.1, 0.15) is 54.0 Å². The predicted molar refractivity (Wildman–Crippen MR) is 137 cm³/mol. The van der Waals surface area contributed by atoms with Crippen LogP contribution in [0.4, 0.5) is 30.7 Å². The third-order valence-corrected chi connectivity index (χ3v) is 7.40. The smallest absolute Gasteiger partial charge is 0.368 e. The van der Waals surface area contributed by atoms with Gasteiger partial charge in [-0.3, -0.25) is 14.5 Å². The number of piperidine rings is 1. The highest BCUT2D eigenvalue weighted by Gasteiger charge is 2.43. The molecule has 0 bridgehead atoms. The van der Waals surface area contributed by atoms with Gasteiger partial charge in [0, 0.05) is 32.0 Å². The highest BCUT2D eigenvalue weighted by atomic mass is 35.5. The number of benzene rings is 2. The molecule has 1 fully saturated rings. The van der Waals surface area contributed by atoms with Gasteiger partial charge in [-0.25, -0.2) is 4.39 Å². The molecule has 0 radical (unpaired) electrons. The average molecular weight is 598 g/mol. The van der Waals surface area contributed by atoms with Crippen molar-refractivity contribution < 1.29 is 40.3 Å². The maximum atomic E-state index is 13.8. The van der Waals surface area contributed by atoms with Crippen molar-refractivity contribution in [3.05, 3.63) is 70.0 Å². The molecule has 13 heteroatoms. The molecule has 1 aliphatic rings. The van der Waals surface area contributed by atoms with Gasteiger partial charge in [0.2, 0.25) is 11.8 Å². The van der Waals surface area contributed by atoms with Crippen LogP contribution >= 0.6 is 12.4 Å². The highest BCUT2D eigenvalue weighted by Crippen LogP contribution is 2.39. The molecule has 0 saturated carbocycles. The summed E-state index contributed by atoms with van der Waals surface area (Å²) in [5, 5.41) is 0. The summed E-state index contributed by atoms with van der Waals surface area (Å²) < 4.78 is 93.7. The fourth-order valence-corrected chi connectivity index (χ4v) is 5.03. The molecule has 2 N–H and O–H groups in total. The molecule has 1 saturated heterocycles. The van der Waals surface area contributed by atoms with E-state index in [0.717, 1.165) is 4.90 Å². The van der Waals surface area contributed by atoms with Gasteiger partial charge in [0.15, 0.2) is 0 Å². The Morgan fingerprint density at radius 3 is 2.02 bits per heavy atom. The third kappa shape index (κ3) is 7.25. The molecule has 0 unspecified atom stereocenters. The second-order valence-corrected chi connectivity index (χ2v) is 10.5. The number of nitrogens with zero attached hydrogens (tertiary/aromatic N) is 2. The Bertz CT molecular complexity index is 1220. The zero-order valence-corrected chi connectivity index (χ0v) is 23.1. The summed E-state index contributed by atoms with van der Waals surface area (Å²) in [5.74, 6) is -2.83. The van der Waals surface area contributed by atoms with E-state index in [1.807, 2.05) is 4.90 Å². The van der Waals surface area contributed by atoms with Gasteiger partial charge >= 0.3 is 12.4 Å². The number of likely N-dealkylation sites (tertiary alicyclic amines) is 1. The molecule has 3 rings (SSSR count). The van der Waals surface area contributed by atoms with Crippen LogP contribution in [0.3, 0.4) is 0 Å². The standard InChI is InChI=1S/C27H30F7N3O2.ClH/c1-15-9-19(28)5-6-20(15)22-14-37(25(2,3)24(35)39)8-7-21(22)23(38)36(4)13-16-10-17(26(29,30)31)12-18(11-16)27(32,33)34;/h5-6,9-12,21-22H,7-8,13-14H2,1-4H3,(H2,35,39);1H/t21-,22+;/m1./s1. The van der Waals surface area contributed by atoms with E-state index in [0.29, 0.717) is 29.8 Å². The van der Waals surface area contributed by atoms with E-state index >= 15 is 0 Å². The van der Waals surface area contributed by atoms with E-state index in [9.17, 15) is 40.3 Å². The van der Waals surface area contributed by atoms with Crippen molar-refractivity contribution in [3.63, 3.8) is 0 Å². The second kappa shape index (κ2) is 11.9. The number of alkyl halides is 6. The summed E-state index contributed by atoms with van der Waals surface area (Å²) in [6.07, 6.45) is -9.79. The third-order valence-electron chi connectivity index (χ3n) is 7.40. The van der Waals surface area contributed by atoms with Gasteiger partial charge in [-0.1, -0.05) is 6.07 Å². The maximum absolute atomic E-state index is 13.8. The van der Waals surface area contributed by atoms with E-state index in [2.05, 4.69) is 0 Å². The van der Waals surface area contributed by atoms with Gasteiger partial charge < -0.3 is 10.6 Å². The van der Waals surface area contributed by atoms with Crippen LogP contribution in [0.25, 0.3) is 0 Å². The number of primary amides is 1. The van der Waals surface area contributed by atoms with Crippen molar-refractivity contribution in [3.8, 4) is 0 Å². The number of aryl methyl sites for hydroxylation is 1. The number of carbonyl (C=O) groups excluding carboxylic acids is 2. The lowest BCUT2D eigenvalue weighted by atomic mass is 9.77. The number of hydrogen-bond donors (Lipinski definition) is 1. The van der Waals surface area contributed by atoms with Crippen LogP contribution in [0, 0.1) is 18.7 Å². The molecule has 1 aliphatic heterocycles. The fourth-order valence-electron chi connectivity index (χ4n) is 5.03. The first kappa shape index (κ1) is 33.3. The van der Waals surface area contributed by atoms with Crippen molar-refractivity contribution >= 4 is 24.2 Å². The van der Waals surface area contributed by atoms with E-state index in [-0.39, 0.29) is 37.0 Å². The molecule has 2 aromatic carbocycles. The van der Waals surface area contributed by atoms with Gasteiger partial charge in [0.1, 0.15) is 5.82 Å². The van der Waals surface area contributed by atoms with Gasteiger partial charge in [-0.2, -0.15) is 26.3 Å². The van der Waals surface area contributed by atoms with Crippen molar-refractivity contribution in [1.29, 1.82) is 0 Å². The molecule has 2 atom stereocenters. The molecule has 0 spiro atoms. The van der Waals surface area contributed by atoms with Crippen molar-refractivity contribution in [2.75, 3.05) is 20.1 Å². The Hall–Kier alpha value is -2.86. The molecule has 2 amide bonds. The monoisotopic (exact) mass is 597 g/mol. The number of rotatable bonds is 6. The van der Waals surface area contributed by atoms with Crippen molar-refractivity contribution in [2.45, 2.75) is 57.5 Å². The Labute approximate surface area is 233 Å². The van der Waals surface area contributed by atoms with Gasteiger partial charge in [0.05, 0.1) is 16.7 Å². The van der Waals surface area contributed by atoms with E-state index in [1.54, 1.807) is 26.8 Å². The zero-order chi connectivity index (χ0) is 29.5. The molecule has 0 aliphatic carbocycles. The lowest BCUT2D eigenvalue weighted by Gasteiger charge is -2.45. The lowest BCUT2D eigenvalue weighted by Crippen LogP contribution is -2.58. The highest BCUT2D eigenvalue weighted by molar-refractivity contribution is 5.85. The first-order valence-corrected chi connectivity index (χ1v) is 12.2. The largest absolute Gasteiger partial charge is 0.416 e. The summed E-state index contributed by atoms with van der Waals surface area (Å²) in [5.41, 5.74) is 2.48. The molecular formula is C27H31ClF7N3O2. The summed E-state index contributed by atoms with van der Waals surface area (Å²) in [6, 6.07) is 5.32. The summed E-state index contributed by atoms with van der Waals surface area (Å²) in [4.78, 5) is 28.6. The maximum Gasteiger partial charge on any atom is 0.416 e. The zero-order valence-electron chi connectivity index (χ0n) is 22.3. The van der Waals surface area contributed by atoms with E-state index < -0.39 is 65.0 Å². The number of nitrogens with two attached hydrogens (primary N) is 1. The molecule has 222 valence electrons. The Morgan fingerprint density at radius 2 is 1.55 bits per heavy atom. The van der Waals surface area contributed by atoms with Gasteiger partial charge in [-0.05, 0) is 80.8 Å². The first-order chi connectivity index (χ1) is 17.8. The van der Waals surface area contributed by atoms with Crippen LogP contribution in [0.2, 0.25) is 0 Å². The molecule has 1 heterocycles. The quantitative estimate of drug-likeness (QED) is 0.421. The summed E-state index contributed by atoms with van der Waals surface area (Å²) >= 11 is 0.